The van der Waals surface area contributed by atoms with Gasteiger partial charge in [0.2, 0.25) is 0 Å². The van der Waals surface area contributed by atoms with Crippen LogP contribution in [0, 0.1) is 0 Å². The van der Waals surface area contributed by atoms with Gasteiger partial charge in [0, 0.05) is 13.1 Å². The largest absolute Gasteiger partial charge is 0.459 e. The fourth-order valence-electron chi connectivity index (χ4n) is 5.98. The normalized spacial score (nSPS) is 31.2. The van der Waals surface area contributed by atoms with E-state index in [0.717, 1.165) is 11.1 Å². The standard InChI is InChI=1S/C32H43NO8/c1-29(2,3)40-27(34)24(33(18-21-14-10-8-11-15-21)19-22-16-12-9-13-17-22)32(35)25(23-20-36-30(4,5)38-23)37-28-26(32)39-31(6,7)41-28/h8-17,23-26,28,35H,18-20H2,1-7H3/t23-,24-,25-,26+,28-,32-/m1/s1. The second-order valence-corrected chi connectivity index (χ2v) is 13.0. The number of esters is 1. The van der Waals surface area contributed by atoms with Crippen LogP contribution in [0.1, 0.15) is 59.6 Å². The van der Waals surface area contributed by atoms with Crippen molar-refractivity contribution in [2.45, 2.75) is 115 Å². The van der Waals surface area contributed by atoms with E-state index < -0.39 is 59.4 Å². The molecule has 3 heterocycles. The zero-order valence-electron chi connectivity index (χ0n) is 25.0. The number of benzene rings is 2. The molecule has 0 amide bonds. The zero-order chi connectivity index (χ0) is 29.6. The Morgan fingerprint density at radius 2 is 1.46 bits per heavy atom. The van der Waals surface area contributed by atoms with Gasteiger partial charge in [-0.2, -0.15) is 0 Å². The summed E-state index contributed by atoms with van der Waals surface area (Å²) in [6.07, 6.45) is -3.62. The lowest BCUT2D eigenvalue weighted by atomic mass is 9.80. The van der Waals surface area contributed by atoms with Gasteiger partial charge in [0.15, 0.2) is 23.5 Å². The molecular formula is C32H43NO8. The summed E-state index contributed by atoms with van der Waals surface area (Å²) in [7, 11) is 0. The van der Waals surface area contributed by atoms with E-state index in [2.05, 4.69) is 0 Å². The van der Waals surface area contributed by atoms with Crippen LogP contribution in [-0.2, 0) is 46.3 Å². The lowest BCUT2D eigenvalue weighted by molar-refractivity contribution is -0.259. The molecule has 0 aliphatic carbocycles. The van der Waals surface area contributed by atoms with Crippen molar-refractivity contribution in [3.05, 3.63) is 71.8 Å². The van der Waals surface area contributed by atoms with Crippen molar-refractivity contribution >= 4 is 5.97 Å². The maximum absolute atomic E-state index is 14.4. The van der Waals surface area contributed by atoms with Gasteiger partial charge in [-0.15, -0.1) is 0 Å². The molecule has 9 heteroatoms. The highest BCUT2D eigenvalue weighted by molar-refractivity contribution is 5.78. The molecular weight excluding hydrogens is 526 g/mol. The molecule has 3 aliphatic heterocycles. The first-order valence-electron chi connectivity index (χ1n) is 14.3. The summed E-state index contributed by atoms with van der Waals surface area (Å²) >= 11 is 0. The second kappa shape index (κ2) is 11.0. The fraction of sp³-hybridized carbons (Fsp3) is 0.594. The van der Waals surface area contributed by atoms with Crippen LogP contribution in [0.2, 0.25) is 0 Å². The van der Waals surface area contributed by atoms with Crippen molar-refractivity contribution in [3.63, 3.8) is 0 Å². The smallest absolute Gasteiger partial charge is 0.327 e. The van der Waals surface area contributed by atoms with Crippen LogP contribution in [0.4, 0.5) is 0 Å². The SMILES string of the molecule is CC(C)(C)OC(=O)[C@@H](N(Cc1ccccc1)Cc1ccccc1)[C@@]1(O)[C@@H]([C@H]2COC(C)(C)O2)O[C@@H]2OC(C)(C)O[C@@H]21. The third-order valence-electron chi connectivity index (χ3n) is 7.51. The summed E-state index contributed by atoms with van der Waals surface area (Å²) in [5, 5.41) is 13.0. The number of aliphatic hydroxyl groups is 1. The molecule has 6 atom stereocenters. The summed E-state index contributed by atoms with van der Waals surface area (Å²) < 4.78 is 36.9. The molecule has 9 nitrogen and oxygen atoms in total. The molecule has 3 fully saturated rings. The Morgan fingerprint density at radius 3 is 1.95 bits per heavy atom. The Hall–Kier alpha value is -2.37. The summed E-state index contributed by atoms with van der Waals surface area (Å²) in [5.74, 6) is -2.52. The van der Waals surface area contributed by atoms with Crippen molar-refractivity contribution in [1.29, 1.82) is 0 Å². The summed E-state index contributed by atoms with van der Waals surface area (Å²) in [6.45, 7) is 13.4. The van der Waals surface area contributed by atoms with Crippen LogP contribution >= 0.6 is 0 Å². The fourth-order valence-corrected chi connectivity index (χ4v) is 5.98. The van der Waals surface area contributed by atoms with Gasteiger partial charge in [-0.1, -0.05) is 60.7 Å². The molecule has 1 N–H and O–H groups in total. The van der Waals surface area contributed by atoms with E-state index in [1.807, 2.05) is 86.3 Å². The average Bonchev–Trinajstić information content (AvgIpc) is 3.47. The van der Waals surface area contributed by atoms with E-state index in [-0.39, 0.29) is 6.61 Å². The van der Waals surface area contributed by atoms with E-state index in [0.29, 0.717) is 13.1 Å². The Balaban J connectivity index is 1.64. The topological polar surface area (TPSA) is 95.9 Å². The molecule has 0 unspecified atom stereocenters. The zero-order valence-corrected chi connectivity index (χ0v) is 25.0. The van der Waals surface area contributed by atoms with E-state index in [4.69, 9.17) is 28.4 Å². The minimum atomic E-state index is -1.93. The van der Waals surface area contributed by atoms with Crippen LogP contribution in [0.15, 0.2) is 60.7 Å². The number of carbonyl (C=O) groups is 1. The summed E-state index contributed by atoms with van der Waals surface area (Å²) in [4.78, 5) is 16.3. The van der Waals surface area contributed by atoms with Gasteiger partial charge in [-0.25, -0.2) is 0 Å². The highest BCUT2D eigenvalue weighted by atomic mass is 16.8. The molecule has 41 heavy (non-hydrogen) atoms. The molecule has 3 saturated heterocycles. The first-order valence-corrected chi connectivity index (χ1v) is 14.3. The van der Waals surface area contributed by atoms with Crippen LogP contribution in [0.5, 0.6) is 0 Å². The van der Waals surface area contributed by atoms with Gasteiger partial charge < -0.3 is 33.5 Å². The highest BCUT2D eigenvalue weighted by Gasteiger charge is 2.71. The maximum Gasteiger partial charge on any atom is 0.327 e. The Kier molecular flexibility index (Phi) is 8.10. The number of nitrogens with zero attached hydrogens (tertiary/aromatic N) is 1. The summed E-state index contributed by atoms with van der Waals surface area (Å²) in [6, 6.07) is 18.5. The Morgan fingerprint density at radius 1 is 0.902 bits per heavy atom. The van der Waals surface area contributed by atoms with Gasteiger partial charge in [0.1, 0.15) is 30.0 Å². The van der Waals surface area contributed by atoms with Crippen molar-refractivity contribution in [1.82, 2.24) is 4.90 Å². The first-order chi connectivity index (χ1) is 19.2. The quantitative estimate of drug-likeness (QED) is 0.470. The first kappa shape index (κ1) is 30.1. The molecule has 2 aromatic rings. The third kappa shape index (κ3) is 6.51. The number of hydrogen-bond donors (Lipinski definition) is 1. The molecule has 3 aliphatic rings. The predicted molar refractivity (Wildman–Crippen MR) is 150 cm³/mol. The lowest BCUT2D eigenvalue weighted by Crippen LogP contribution is -2.68. The van der Waals surface area contributed by atoms with Crippen LogP contribution in [-0.4, -0.2) is 76.0 Å². The Labute approximate surface area is 242 Å². The van der Waals surface area contributed by atoms with Crippen LogP contribution in [0.25, 0.3) is 0 Å². The summed E-state index contributed by atoms with van der Waals surface area (Å²) in [5.41, 5.74) is -0.804. The van der Waals surface area contributed by atoms with Gasteiger partial charge in [0.05, 0.1) is 6.61 Å². The van der Waals surface area contributed by atoms with Gasteiger partial charge in [-0.05, 0) is 59.6 Å². The van der Waals surface area contributed by atoms with Crippen molar-refractivity contribution in [2.24, 2.45) is 0 Å². The number of fused-ring (bicyclic) bond motifs is 1. The predicted octanol–water partition coefficient (Wildman–Crippen LogP) is 4.16. The molecule has 2 aromatic carbocycles. The van der Waals surface area contributed by atoms with Gasteiger partial charge >= 0.3 is 5.97 Å². The molecule has 0 spiro atoms. The molecule has 0 bridgehead atoms. The lowest BCUT2D eigenvalue weighted by Gasteiger charge is -2.45. The van der Waals surface area contributed by atoms with Crippen LogP contribution < -0.4 is 0 Å². The number of ether oxygens (including phenoxy) is 6. The minimum absolute atomic E-state index is 0.168. The third-order valence-corrected chi connectivity index (χ3v) is 7.51. The number of rotatable bonds is 8. The van der Waals surface area contributed by atoms with E-state index in [9.17, 15) is 9.90 Å². The van der Waals surface area contributed by atoms with E-state index >= 15 is 0 Å². The van der Waals surface area contributed by atoms with Gasteiger partial charge in [0.25, 0.3) is 0 Å². The Bertz CT molecular complexity index is 1160. The number of carbonyl (C=O) groups excluding carboxylic acids is 1. The van der Waals surface area contributed by atoms with Crippen molar-refractivity contribution in [2.75, 3.05) is 6.61 Å². The molecule has 0 saturated carbocycles. The number of hydrogen-bond acceptors (Lipinski definition) is 9. The highest BCUT2D eigenvalue weighted by Crippen LogP contribution is 2.49. The molecule has 5 rings (SSSR count). The molecule has 224 valence electrons. The maximum atomic E-state index is 14.4. The van der Waals surface area contributed by atoms with Crippen molar-refractivity contribution < 1.29 is 38.3 Å². The van der Waals surface area contributed by atoms with E-state index in [1.165, 1.54) is 0 Å². The van der Waals surface area contributed by atoms with Crippen molar-refractivity contribution in [3.8, 4) is 0 Å². The monoisotopic (exact) mass is 569 g/mol. The molecule has 0 radical (unpaired) electrons. The average molecular weight is 570 g/mol. The minimum Gasteiger partial charge on any atom is -0.459 e. The second-order valence-electron chi connectivity index (χ2n) is 13.0. The van der Waals surface area contributed by atoms with Crippen LogP contribution in [0.3, 0.4) is 0 Å². The molecule has 0 aromatic heterocycles. The van der Waals surface area contributed by atoms with Gasteiger partial charge in [-0.3, -0.25) is 9.69 Å². The van der Waals surface area contributed by atoms with E-state index in [1.54, 1.807) is 27.7 Å².